The van der Waals surface area contributed by atoms with E-state index in [0.29, 0.717) is 0 Å². The zero-order chi connectivity index (χ0) is 11.1. The van der Waals surface area contributed by atoms with Crippen LogP contribution in [0.25, 0.3) is 0 Å². The van der Waals surface area contributed by atoms with Crippen LogP contribution in [0, 0.1) is 5.92 Å². The monoisotopic (exact) mass is 210 g/mol. The van der Waals surface area contributed by atoms with Crippen LogP contribution in [-0.2, 0) is 0 Å². The van der Waals surface area contributed by atoms with Crippen molar-refractivity contribution in [2.75, 3.05) is 26.7 Å². The van der Waals surface area contributed by atoms with Gasteiger partial charge in [0.15, 0.2) is 0 Å². The molecule has 1 rings (SSSR count). The highest BCUT2D eigenvalue weighted by molar-refractivity contribution is 4.81. The molecule has 0 aromatic rings. The molecule has 2 nitrogen and oxygen atoms in total. The van der Waals surface area contributed by atoms with E-state index in [1.807, 2.05) is 6.08 Å². The molecule has 1 fully saturated rings. The first-order valence-electron chi connectivity index (χ1n) is 6.25. The summed E-state index contributed by atoms with van der Waals surface area (Å²) in [5, 5.41) is 3.59. The summed E-state index contributed by atoms with van der Waals surface area (Å²) in [5.74, 6) is 0.763. The number of nitrogens with zero attached hydrogens (tertiary/aromatic N) is 1. The largest absolute Gasteiger partial charge is 0.314 e. The lowest BCUT2D eigenvalue weighted by atomic mass is 10.1. The normalized spacial score (nSPS) is 18.1. The number of hydrogen-bond acceptors (Lipinski definition) is 2. The van der Waals surface area contributed by atoms with Crippen LogP contribution < -0.4 is 5.32 Å². The summed E-state index contributed by atoms with van der Waals surface area (Å²) < 4.78 is 0. The smallest absolute Gasteiger partial charge is 0.00683 e. The molecule has 0 aliphatic heterocycles. The van der Waals surface area contributed by atoms with Gasteiger partial charge < -0.3 is 10.2 Å². The van der Waals surface area contributed by atoms with E-state index in [2.05, 4.69) is 30.8 Å². The average molecular weight is 210 g/mol. The van der Waals surface area contributed by atoms with Crippen molar-refractivity contribution < 1.29 is 0 Å². The minimum Gasteiger partial charge on any atom is -0.314 e. The van der Waals surface area contributed by atoms with Crippen molar-refractivity contribution >= 4 is 0 Å². The van der Waals surface area contributed by atoms with Crippen molar-refractivity contribution in [3.8, 4) is 0 Å². The Balaban J connectivity index is 1.96. The molecule has 0 aromatic heterocycles. The van der Waals surface area contributed by atoms with Gasteiger partial charge >= 0.3 is 0 Å². The Morgan fingerprint density at radius 3 is 2.87 bits per heavy atom. The fraction of sp³-hybridized carbons (Fsp3) is 0.846. The third kappa shape index (κ3) is 6.69. The summed E-state index contributed by atoms with van der Waals surface area (Å²) in [6.45, 7) is 9.65. The van der Waals surface area contributed by atoms with E-state index in [0.717, 1.165) is 18.4 Å². The molecule has 0 amide bonds. The van der Waals surface area contributed by atoms with Crippen molar-refractivity contribution in [1.29, 1.82) is 0 Å². The fourth-order valence-electron chi connectivity index (χ4n) is 1.85. The Bertz CT molecular complexity index is 175. The summed E-state index contributed by atoms with van der Waals surface area (Å²) >= 11 is 0. The van der Waals surface area contributed by atoms with E-state index < -0.39 is 0 Å². The van der Waals surface area contributed by atoms with E-state index in [-0.39, 0.29) is 0 Å². The van der Waals surface area contributed by atoms with Crippen LogP contribution in [0.2, 0.25) is 0 Å². The molecular weight excluding hydrogens is 184 g/mol. The molecular formula is C13H26N2. The molecule has 0 aromatic carbocycles. The number of hydrogen-bond donors (Lipinski definition) is 1. The quantitative estimate of drug-likeness (QED) is 0.464. The second-order valence-corrected chi connectivity index (χ2v) is 4.98. The van der Waals surface area contributed by atoms with E-state index >= 15 is 0 Å². The molecule has 0 spiro atoms. The van der Waals surface area contributed by atoms with Crippen LogP contribution in [-0.4, -0.2) is 37.6 Å². The Hall–Kier alpha value is -0.340. The van der Waals surface area contributed by atoms with Gasteiger partial charge in [-0.05, 0) is 51.7 Å². The Labute approximate surface area is 94.7 Å². The zero-order valence-electron chi connectivity index (χ0n) is 10.3. The third-order valence-corrected chi connectivity index (χ3v) is 2.90. The zero-order valence-corrected chi connectivity index (χ0v) is 10.3. The lowest BCUT2D eigenvalue weighted by Gasteiger charge is -2.21. The summed E-state index contributed by atoms with van der Waals surface area (Å²) in [4.78, 5) is 2.43. The topological polar surface area (TPSA) is 15.3 Å². The number of unbranched alkanes of at least 4 members (excludes halogenated alkanes) is 1. The SMILES string of the molecule is C=CCCCN(C)CC(C)CNC1CC1. The van der Waals surface area contributed by atoms with Crippen molar-refractivity contribution in [3.05, 3.63) is 12.7 Å². The maximum atomic E-state index is 3.75. The predicted molar refractivity (Wildman–Crippen MR) is 67.1 cm³/mol. The van der Waals surface area contributed by atoms with Gasteiger partial charge in [0.25, 0.3) is 0 Å². The highest BCUT2D eigenvalue weighted by Crippen LogP contribution is 2.18. The molecule has 0 heterocycles. The first-order valence-corrected chi connectivity index (χ1v) is 6.25. The van der Waals surface area contributed by atoms with E-state index in [9.17, 15) is 0 Å². The molecule has 15 heavy (non-hydrogen) atoms. The third-order valence-electron chi connectivity index (χ3n) is 2.90. The van der Waals surface area contributed by atoms with Crippen LogP contribution in [0.15, 0.2) is 12.7 Å². The fourth-order valence-corrected chi connectivity index (χ4v) is 1.85. The summed E-state index contributed by atoms with van der Waals surface area (Å²) in [6, 6.07) is 0.846. The van der Waals surface area contributed by atoms with Gasteiger partial charge in [0.05, 0.1) is 0 Å². The van der Waals surface area contributed by atoms with E-state index in [1.54, 1.807) is 0 Å². The molecule has 0 radical (unpaired) electrons. The Morgan fingerprint density at radius 2 is 2.27 bits per heavy atom. The van der Waals surface area contributed by atoms with Crippen LogP contribution >= 0.6 is 0 Å². The maximum Gasteiger partial charge on any atom is 0.00683 e. The molecule has 1 atom stereocenters. The maximum absolute atomic E-state index is 3.75. The number of rotatable bonds is 9. The van der Waals surface area contributed by atoms with Crippen molar-refractivity contribution in [2.24, 2.45) is 5.92 Å². The molecule has 88 valence electrons. The second-order valence-electron chi connectivity index (χ2n) is 4.98. The predicted octanol–water partition coefficient (Wildman–Crippen LogP) is 2.27. The van der Waals surface area contributed by atoms with Gasteiger partial charge in [0, 0.05) is 12.6 Å². The van der Waals surface area contributed by atoms with Gasteiger partial charge in [0.1, 0.15) is 0 Å². The van der Waals surface area contributed by atoms with Gasteiger partial charge in [-0.2, -0.15) is 0 Å². The molecule has 1 N–H and O–H groups in total. The highest BCUT2D eigenvalue weighted by atomic mass is 15.1. The minimum atomic E-state index is 0.763. The molecule has 1 saturated carbocycles. The number of allylic oxidation sites excluding steroid dienone is 1. The molecule has 2 heteroatoms. The molecule has 1 unspecified atom stereocenters. The second kappa shape index (κ2) is 7.02. The lowest BCUT2D eigenvalue weighted by molar-refractivity contribution is 0.278. The Morgan fingerprint density at radius 1 is 1.53 bits per heavy atom. The van der Waals surface area contributed by atoms with Gasteiger partial charge in [0.2, 0.25) is 0 Å². The van der Waals surface area contributed by atoms with Crippen LogP contribution in [0.4, 0.5) is 0 Å². The lowest BCUT2D eigenvalue weighted by Crippen LogP contribution is -2.32. The highest BCUT2D eigenvalue weighted by Gasteiger charge is 2.20. The Kier molecular flexibility index (Phi) is 5.96. The van der Waals surface area contributed by atoms with E-state index in [1.165, 1.54) is 38.9 Å². The first-order chi connectivity index (χ1) is 7.22. The standard InChI is InChI=1S/C13H26N2/c1-4-5-6-9-15(3)11-12(2)10-14-13-7-8-13/h4,12-14H,1,5-11H2,2-3H3. The van der Waals surface area contributed by atoms with Crippen molar-refractivity contribution in [3.63, 3.8) is 0 Å². The number of nitrogens with one attached hydrogen (secondary N) is 1. The van der Waals surface area contributed by atoms with Crippen LogP contribution in [0.3, 0.4) is 0 Å². The summed E-state index contributed by atoms with van der Waals surface area (Å²) in [5.41, 5.74) is 0. The van der Waals surface area contributed by atoms with Crippen LogP contribution in [0.5, 0.6) is 0 Å². The van der Waals surface area contributed by atoms with Crippen molar-refractivity contribution in [2.45, 2.75) is 38.6 Å². The summed E-state index contributed by atoms with van der Waals surface area (Å²) in [7, 11) is 2.22. The first kappa shape index (κ1) is 12.7. The molecule has 1 aliphatic rings. The molecule has 1 aliphatic carbocycles. The summed E-state index contributed by atoms with van der Waals surface area (Å²) in [6.07, 6.45) is 7.16. The van der Waals surface area contributed by atoms with Gasteiger partial charge in [-0.25, -0.2) is 0 Å². The van der Waals surface area contributed by atoms with Crippen LogP contribution in [0.1, 0.15) is 32.6 Å². The molecule has 0 bridgehead atoms. The minimum absolute atomic E-state index is 0.763. The van der Waals surface area contributed by atoms with Crippen molar-refractivity contribution in [1.82, 2.24) is 10.2 Å². The van der Waals surface area contributed by atoms with Gasteiger partial charge in [-0.15, -0.1) is 6.58 Å². The van der Waals surface area contributed by atoms with Gasteiger partial charge in [-0.3, -0.25) is 0 Å². The molecule has 0 saturated heterocycles. The van der Waals surface area contributed by atoms with E-state index in [4.69, 9.17) is 0 Å². The average Bonchev–Trinajstić information content (AvgIpc) is 2.98. The van der Waals surface area contributed by atoms with Gasteiger partial charge in [-0.1, -0.05) is 13.0 Å².